The number of benzene rings is 5. The average molecular weight is 785 g/mol. The summed E-state index contributed by atoms with van der Waals surface area (Å²) in [5.41, 5.74) is 22.3. The Kier molecular flexibility index (Phi) is 7.71. The van der Waals surface area contributed by atoms with Gasteiger partial charge in [0.05, 0.1) is 28.1 Å². The summed E-state index contributed by atoms with van der Waals surface area (Å²) in [4.78, 5) is 16.2. The third-order valence-electron chi connectivity index (χ3n) is 13.7. The molecule has 4 heteroatoms. The quantitative estimate of drug-likeness (QED) is 0.169. The first kappa shape index (κ1) is 35.7. The molecule has 0 saturated heterocycles. The van der Waals surface area contributed by atoms with Crippen LogP contribution < -0.4 is 0 Å². The Labute approximate surface area is 356 Å². The van der Waals surface area contributed by atoms with Gasteiger partial charge in [0, 0.05) is 51.4 Å². The Balaban J connectivity index is 1.06. The van der Waals surface area contributed by atoms with Crippen LogP contribution >= 0.6 is 0 Å². The highest BCUT2D eigenvalue weighted by molar-refractivity contribution is 6.11. The molecule has 1 atom stereocenters. The van der Waals surface area contributed by atoms with Gasteiger partial charge in [-0.25, -0.2) is 9.97 Å². The van der Waals surface area contributed by atoms with Gasteiger partial charge in [0.15, 0.2) is 0 Å². The highest BCUT2D eigenvalue weighted by Gasteiger charge is 2.45. The van der Waals surface area contributed by atoms with Crippen LogP contribution in [0, 0.1) is 0 Å². The Morgan fingerprint density at radius 1 is 0.475 bits per heavy atom. The summed E-state index contributed by atoms with van der Waals surface area (Å²) >= 11 is 0. The van der Waals surface area contributed by atoms with Gasteiger partial charge in [0.1, 0.15) is 11.0 Å². The van der Waals surface area contributed by atoms with Crippen molar-refractivity contribution >= 4 is 22.1 Å². The van der Waals surface area contributed by atoms with E-state index < -0.39 is 0 Å². The fourth-order valence-corrected chi connectivity index (χ4v) is 10.3. The maximum atomic E-state index is 5.64. The molecule has 3 aliphatic rings. The van der Waals surface area contributed by atoms with Crippen molar-refractivity contribution < 1.29 is 0 Å². The average Bonchev–Trinajstić information content (AvgIpc) is 3.65. The molecule has 0 N–H and O–H groups in total. The third-order valence-corrected chi connectivity index (χ3v) is 13.7. The van der Waals surface area contributed by atoms with Gasteiger partial charge in [-0.1, -0.05) is 161 Å². The zero-order valence-corrected chi connectivity index (χ0v) is 34.8. The number of pyridine rings is 3. The first-order chi connectivity index (χ1) is 29.7. The van der Waals surface area contributed by atoms with Crippen molar-refractivity contribution in [2.24, 2.45) is 0 Å². The minimum atomic E-state index is -0.330. The Morgan fingerprint density at radius 2 is 0.951 bits per heavy atom. The molecule has 1 aliphatic carbocycles. The molecule has 6 heterocycles. The predicted octanol–water partition coefficient (Wildman–Crippen LogP) is 14.2. The van der Waals surface area contributed by atoms with Crippen LogP contribution in [0.25, 0.3) is 83.6 Å². The van der Waals surface area contributed by atoms with E-state index in [1.54, 1.807) is 0 Å². The summed E-state index contributed by atoms with van der Waals surface area (Å²) in [6, 6.07) is 50.9. The van der Waals surface area contributed by atoms with E-state index in [0.717, 1.165) is 56.6 Å². The molecular formula is C57H44N4. The predicted molar refractivity (Wildman–Crippen MR) is 251 cm³/mol. The summed E-state index contributed by atoms with van der Waals surface area (Å²) in [5, 5.41) is 0. The number of aromatic nitrogens is 4. The van der Waals surface area contributed by atoms with Gasteiger partial charge >= 0.3 is 0 Å². The monoisotopic (exact) mass is 784 g/mol. The molecule has 292 valence electrons. The highest BCUT2D eigenvalue weighted by Crippen LogP contribution is 2.55. The number of hydrogen-bond donors (Lipinski definition) is 0. The highest BCUT2D eigenvalue weighted by atomic mass is 15.1. The largest absolute Gasteiger partial charge is 0.305 e. The third kappa shape index (κ3) is 5.41. The smallest absolute Gasteiger partial charge is 0.116 e. The van der Waals surface area contributed by atoms with Crippen LogP contribution in [0.5, 0.6) is 0 Å². The Hall–Kier alpha value is -7.17. The number of rotatable bonds is 6. The second-order valence-corrected chi connectivity index (χ2v) is 18.1. The van der Waals surface area contributed by atoms with E-state index in [9.17, 15) is 0 Å². The SMILES string of the molecule is CC1(C)c2cncc3c2-n2c4c1cc(-c1cccc(-c5cccc(-c6ccccc6)c5)c1)nc4c1nc(-c4cccc(-c5cccc(C6C=CC=CC6)c5)c4)cc(c12)C3(C)C. The van der Waals surface area contributed by atoms with Crippen LogP contribution in [0.2, 0.25) is 0 Å². The van der Waals surface area contributed by atoms with Crippen molar-refractivity contribution in [2.45, 2.75) is 50.9 Å². The van der Waals surface area contributed by atoms with Crippen LogP contribution in [0.4, 0.5) is 0 Å². The first-order valence-corrected chi connectivity index (χ1v) is 21.4. The Morgan fingerprint density at radius 3 is 1.49 bits per heavy atom. The Bertz CT molecular complexity index is 3340. The molecule has 2 aliphatic heterocycles. The molecule has 4 nitrogen and oxygen atoms in total. The lowest BCUT2D eigenvalue weighted by Gasteiger charge is -2.41. The molecule has 1 unspecified atom stereocenters. The van der Waals surface area contributed by atoms with Crippen LogP contribution in [-0.4, -0.2) is 19.5 Å². The van der Waals surface area contributed by atoms with E-state index in [2.05, 4.69) is 208 Å². The molecule has 0 fully saturated rings. The molecule has 12 rings (SSSR count). The molecule has 0 bridgehead atoms. The second-order valence-electron chi connectivity index (χ2n) is 18.1. The first-order valence-electron chi connectivity index (χ1n) is 21.4. The van der Waals surface area contributed by atoms with Crippen molar-refractivity contribution in [1.82, 2.24) is 19.5 Å². The van der Waals surface area contributed by atoms with Gasteiger partial charge in [0.2, 0.25) is 0 Å². The molecule has 0 amide bonds. The summed E-state index contributed by atoms with van der Waals surface area (Å²) in [6.07, 6.45) is 14.1. The maximum absolute atomic E-state index is 5.64. The second kappa shape index (κ2) is 13.2. The summed E-state index contributed by atoms with van der Waals surface area (Å²) in [6.45, 7) is 9.39. The van der Waals surface area contributed by atoms with Crippen molar-refractivity contribution in [2.75, 3.05) is 0 Å². The summed E-state index contributed by atoms with van der Waals surface area (Å²) < 4.78 is 2.48. The topological polar surface area (TPSA) is 43.6 Å². The maximum Gasteiger partial charge on any atom is 0.116 e. The zero-order valence-electron chi connectivity index (χ0n) is 34.8. The van der Waals surface area contributed by atoms with Crippen molar-refractivity contribution in [3.63, 3.8) is 0 Å². The molecule has 9 aromatic rings. The van der Waals surface area contributed by atoms with Crippen LogP contribution in [-0.2, 0) is 10.8 Å². The standard InChI is InChI=1S/C57H44N4/c1-56(2)45-31-49(43-25-13-23-41(29-43)39-21-11-19-37(27-39)35-15-7-5-8-16-35)59-51-52-55-46(57(3,4)48-34-58-33-47(56)53(48)61(55)54(45)51)32-50(60-52)44-26-14-24-42(30-44)40-22-12-20-38(28-40)36-17-9-6-10-18-36/h5-17,19-34,36H,18H2,1-4H3. The minimum absolute atomic E-state index is 0.328. The van der Waals surface area contributed by atoms with Gasteiger partial charge in [0.25, 0.3) is 0 Å². The minimum Gasteiger partial charge on any atom is -0.305 e. The molecule has 0 radical (unpaired) electrons. The van der Waals surface area contributed by atoms with Gasteiger partial charge in [-0.3, -0.25) is 4.98 Å². The van der Waals surface area contributed by atoms with E-state index >= 15 is 0 Å². The normalized spacial score (nSPS) is 16.4. The summed E-state index contributed by atoms with van der Waals surface area (Å²) in [7, 11) is 0. The van der Waals surface area contributed by atoms with E-state index in [-0.39, 0.29) is 10.8 Å². The van der Waals surface area contributed by atoms with E-state index in [1.165, 1.54) is 61.3 Å². The van der Waals surface area contributed by atoms with Crippen molar-refractivity contribution in [1.29, 1.82) is 0 Å². The molecular weight excluding hydrogens is 741 g/mol. The zero-order chi connectivity index (χ0) is 41.0. The summed E-state index contributed by atoms with van der Waals surface area (Å²) in [5.74, 6) is 0.394. The lowest BCUT2D eigenvalue weighted by atomic mass is 9.69. The molecule has 0 spiro atoms. The van der Waals surface area contributed by atoms with E-state index in [4.69, 9.17) is 15.0 Å². The number of allylic oxidation sites excluding steroid dienone is 4. The lowest BCUT2D eigenvalue weighted by Crippen LogP contribution is -2.34. The van der Waals surface area contributed by atoms with Crippen molar-refractivity contribution in [3.8, 4) is 61.6 Å². The fourth-order valence-electron chi connectivity index (χ4n) is 10.3. The van der Waals surface area contributed by atoms with Crippen LogP contribution in [0.15, 0.2) is 176 Å². The molecule has 4 aromatic heterocycles. The van der Waals surface area contributed by atoms with E-state index in [0.29, 0.717) is 5.92 Å². The number of fused-ring (bicyclic) bond motifs is 1. The van der Waals surface area contributed by atoms with Crippen LogP contribution in [0.3, 0.4) is 0 Å². The molecule has 61 heavy (non-hydrogen) atoms. The fraction of sp³-hybridized carbons (Fsp3) is 0.140. The molecule has 5 aromatic carbocycles. The molecule has 0 saturated carbocycles. The van der Waals surface area contributed by atoms with E-state index in [1.807, 2.05) is 0 Å². The van der Waals surface area contributed by atoms with Gasteiger partial charge < -0.3 is 4.57 Å². The van der Waals surface area contributed by atoms with Crippen LogP contribution in [0.1, 0.15) is 67.9 Å². The van der Waals surface area contributed by atoms with Gasteiger partial charge in [-0.05, 0) is 86.8 Å². The lowest BCUT2D eigenvalue weighted by molar-refractivity contribution is 0.587. The number of hydrogen-bond acceptors (Lipinski definition) is 3. The van der Waals surface area contributed by atoms with Gasteiger partial charge in [-0.2, -0.15) is 0 Å². The van der Waals surface area contributed by atoms with Gasteiger partial charge in [-0.15, -0.1) is 0 Å². The number of nitrogens with zero attached hydrogens (tertiary/aromatic N) is 4. The van der Waals surface area contributed by atoms with Crippen molar-refractivity contribution in [3.05, 3.63) is 204 Å².